The van der Waals surface area contributed by atoms with Crippen molar-refractivity contribution in [3.8, 4) is 5.75 Å². The van der Waals surface area contributed by atoms with Crippen molar-refractivity contribution in [1.82, 2.24) is 9.38 Å². The van der Waals surface area contributed by atoms with E-state index in [2.05, 4.69) is 15.0 Å². The van der Waals surface area contributed by atoms with Crippen LogP contribution in [0.4, 0.5) is 14.5 Å². The second-order valence-corrected chi connectivity index (χ2v) is 4.98. The fourth-order valence-corrected chi connectivity index (χ4v) is 2.29. The number of aromatic nitrogens is 2. The normalized spacial score (nSPS) is 11.1. The largest absolute Gasteiger partial charge is 0.433 e. The van der Waals surface area contributed by atoms with Gasteiger partial charge in [0.25, 0.3) is 0 Å². The Bertz CT molecular complexity index is 758. The minimum absolute atomic E-state index is 0.0463. The number of benzene rings is 1. The predicted octanol–water partition coefficient (Wildman–Crippen LogP) is 4.20. The molecule has 0 bridgehead atoms. The molecule has 1 aromatic carbocycles. The summed E-state index contributed by atoms with van der Waals surface area (Å²) >= 11 is 5.90. The number of ether oxygens (including phenoxy) is 1. The highest BCUT2D eigenvalue weighted by molar-refractivity contribution is 6.32. The summed E-state index contributed by atoms with van der Waals surface area (Å²) in [5.41, 5.74) is 2.41. The molecule has 0 amide bonds. The van der Waals surface area contributed by atoms with Gasteiger partial charge in [0.05, 0.1) is 17.3 Å². The van der Waals surface area contributed by atoms with Gasteiger partial charge < -0.3 is 14.5 Å². The number of nitrogens with one attached hydrogen (secondary N) is 1. The Kier molecular flexibility index (Phi) is 4.11. The molecule has 3 rings (SSSR count). The quantitative estimate of drug-likeness (QED) is 0.764. The standard InChI is InChI=1S/C15H12ClF2N3O/c16-12-7-10(4-5-13(12)22-15(17)18)19-8-11-9-21-6-2-1-3-14(21)20-11/h1-7,9,15,19H,8H2. The number of hydrogen-bond acceptors (Lipinski definition) is 3. The third-order valence-electron chi connectivity index (χ3n) is 3.04. The zero-order valence-electron chi connectivity index (χ0n) is 11.3. The maximum absolute atomic E-state index is 12.2. The van der Waals surface area contributed by atoms with Gasteiger partial charge in [0.15, 0.2) is 0 Å². The molecule has 3 aromatic rings. The number of anilines is 1. The van der Waals surface area contributed by atoms with Crippen molar-refractivity contribution in [1.29, 1.82) is 0 Å². The number of hydrogen-bond donors (Lipinski definition) is 1. The molecule has 0 unspecified atom stereocenters. The summed E-state index contributed by atoms with van der Waals surface area (Å²) in [6.07, 6.45) is 3.83. The second kappa shape index (κ2) is 6.19. The Morgan fingerprint density at radius 1 is 1.27 bits per heavy atom. The number of nitrogens with zero attached hydrogens (tertiary/aromatic N) is 2. The van der Waals surface area contributed by atoms with Crippen LogP contribution in [0.15, 0.2) is 48.8 Å². The van der Waals surface area contributed by atoms with Gasteiger partial charge in [0.2, 0.25) is 0 Å². The summed E-state index contributed by atoms with van der Waals surface area (Å²) in [6.45, 7) is -2.40. The van der Waals surface area contributed by atoms with Crippen molar-refractivity contribution in [3.05, 3.63) is 59.5 Å². The molecule has 0 spiro atoms. The molecule has 0 aliphatic rings. The van der Waals surface area contributed by atoms with Crippen LogP contribution in [0.3, 0.4) is 0 Å². The van der Waals surface area contributed by atoms with Crippen molar-refractivity contribution in [3.63, 3.8) is 0 Å². The molecule has 2 aromatic heterocycles. The Balaban J connectivity index is 1.69. The fourth-order valence-electron chi connectivity index (χ4n) is 2.07. The number of halogens is 3. The van der Waals surface area contributed by atoms with Crippen molar-refractivity contribution in [2.75, 3.05) is 5.32 Å². The fraction of sp³-hybridized carbons (Fsp3) is 0.133. The van der Waals surface area contributed by atoms with Crippen LogP contribution in [0.5, 0.6) is 5.75 Å². The van der Waals surface area contributed by atoms with E-state index < -0.39 is 6.61 Å². The molecule has 0 fully saturated rings. The van der Waals surface area contributed by atoms with Crippen LogP contribution < -0.4 is 10.1 Å². The van der Waals surface area contributed by atoms with Gasteiger partial charge in [0.1, 0.15) is 11.4 Å². The van der Waals surface area contributed by atoms with Gasteiger partial charge in [-0.15, -0.1) is 0 Å². The van der Waals surface area contributed by atoms with E-state index in [1.807, 2.05) is 35.0 Å². The van der Waals surface area contributed by atoms with Gasteiger partial charge >= 0.3 is 6.61 Å². The van der Waals surface area contributed by atoms with Gasteiger partial charge in [-0.2, -0.15) is 8.78 Å². The SMILES string of the molecule is FC(F)Oc1ccc(NCc2cn3ccccc3n2)cc1Cl. The van der Waals surface area contributed by atoms with Gasteiger partial charge in [-0.25, -0.2) is 4.98 Å². The number of imidazole rings is 1. The number of fused-ring (bicyclic) bond motifs is 1. The van der Waals surface area contributed by atoms with Crippen LogP contribution in [-0.2, 0) is 6.54 Å². The minimum atomic E-state index is -2.89. The first-order valence-electron chi connectivity index (χ1n) is 6.52. The molecule has 0 radical (unpaired) electrons. The molecular weight excluding hydrogens is 312 g/mol. The van der Waals surface area contributed by atoms with E-state index in [9.17, 15) is 8.78 Å². The van der Waals surface area contributed by atoms with E-state index in [0.717, 1.165) is 11.3 Å². The minimum Gasteiger partial charge on any atom is -0.433 e. The Morgan fingerprint density at radius 2 is 2.14 bits per heavy atom. The molecule has 0 saturated carbocycles. The highest BCUT2D eigenvalue weighted by Gasteiger charge is 2.09. The lowest BCUT2D eigenvalue weighted by Crippen LogP contribution is -2.03. The predicted molar refractivity (Wildman–Crippen MR) is 80.6 cm³/mol. The average molecular weight is 324 g/mol. The molecule has 0 aliphatic carbocycles. The molecule has 0 saturated heterocycles. The van der Waals surface area contributed by atoms with Crippen LogP contribution in [0.1, 0.15) is 5.69 Å². The van der Waals surface area contributed by atoms with E-state index in [-0.39, 0.29) is 10.8 Å². The maximum Gasteiger partial charge on any atom is 0.387 e. The van der Waals surface area contributed by atoms with E-state index in [4.69, 9.17) is 11.6 Å². The summed E-state index contributed by atoms with van der Waals surface area (Å²) in [6, 6.07) is 10.3. The van der Waals surface area contributed by atoms with E-state index in [1.165, 1.54) is 12.1 Å². The van der Waals surface area contributed by atoms with Crippen molar-refractivity contribution in [2.24, 2.45) is 0 Å². The molecular formula is C15H12ClF2N3O. The highest BCUT2D eigenvalue weighted by Crippen LogP contribution is 2.29. The molecule has 0 aliphatic heterocycles. The smallest absolute Gasteiger partial charge is 0.387 e. The molecule has 1 N–H and O–H groups in total. The average Bonchev–Trinajstić information content (AvgIpc) is 2.90. The first kappa shape index (κ1) is 14.6. The summed E-state index contributed by atoms with van der Waals surface area (Å²) in [5.74, 6) is -0.0463. The third-order valence-corrected chi connectivity index (χ3v) is 3.33. The molecule has 114 valence electrons. The summed E-state index contributed by atoms with van der Waals surface area (Å²) in [4.78, 5) is 4.45. The van der Waals surface area contributed by atoms with Crippen molar-refractivity contribution >= 4 is 22.9 Å². The maximum atomic E-state index is 12.2. The van der Waals surface area contributed by atoms with Crippen LogP contribution in [-0.4, -0.2) is 16.0 Å². The lowest BCUT2D eigenvalue weighted by atomic mass is 10.3. The molecule has 0 atom stereocenters. The number of rotatable bonds is 5. The lowest BCUT2D eigenvalue weighted by molar-refractivity contribution is -0.0497. The Morgan fingerprint density at radius 3 is 2.86 bits per heavy atom. The first-order chi connectivity index (χ1) is 10.6. The van der Waals surface area contributed by atoms with E-state index in [1.54, 1.807) is 6.07 Å². The van der Waals surface area contributed by atoms with Crippen LogP contribution in [0.2, 0.25) is 5.02 Å². The molecule has 2 heterocycles. The molecule has 22 heavy (non-hydrogen) atoms. The van der Waals surface area contributed by atoms with E-state index in [0.29, 0.717) is 12.2 Å². The van der Waals surface area contributed by atoms with Gasteiger partial charge in [-0.1, -0.05) is 17.7 Å². The summed E-state index contributed by atoms with van der Waals surface area (Å²) in [5, 5.41) is 3.27. The number of alkyl halides is 2. The Labute approximate surface area is 130 Å². The van der Waals surface area contributed by atoms with Gasteiger partial charge in [-0.05, 0) is 30.3 Å². The highest BCUT2D eigenvalue weighted by atomic mass is 35.5. The van der Waals surface area contributed by atoms with Crippen molar-refractivity contribution < 1.29 is 13.5 Å². The van der Waals surface area contributed by atoms with Crippen molar-refractivity contribution in [2.45, 2.75) is 13.2 Å². The zero-order chi connectivity index (χ0) is 15.5. The second-order valence-electron chi connectivity index (χ2n) is 4.58. The zero-order valence-corrected chi connectivity index (χ0v) is 12.1. The lowest BCUT2D eigenvalue weighted by Gasteiger charge is -2.09. The first-order valence-corrected chi connectivity index (χ1v) is 6.90. The number of pyridine rings is 1. The monoisotopic (exact) mass is 323 g/mol. The molecule has 4 nitrogen and oxygen atoms in total. The van der Waals surface area contributed by atoms with Crippen LogP contribution in [0.25, 0.3) is 5.65 Å². The topological polar surface area (TPSA) is 38.6 Å². The van der Waals surface area contributed by atoms with Crippen LogP contribution in [0, 0.1) is 0 Å². The summed E-state index contributed by atoms with van der Waals surface area (Å²) < 4.78 is 30.5. The molecule has 7 heteroatoms. The van der Waals surface area contributed by atoms with Crippen LogP contribution >= 0.6 is 11.6 Å². The van der Waals surface area contributed by atoms with Gasteiger partial charge in [0, 0.05) is 18.1 Å². The third kappa shape index (κ3) is 3.28. The summed E-state index contributed by atoms with van der Waals surface area (Å²) in [7, 11) is 0. The Hall–Kier alpha value is -2.34. The van der Waals surface area contributed by atoms with Gasteiger partial charge in [-0.3, -0.25) is 0 Å². The van der Waals surface area contributed by atoms with E-state index >= 15 is 0 Å².